The molecule has 0 aromatic rings. The zero-order chi connectivity index (χ0) is 11.2. The summed E-state index contributed by atoms with van der Waals surface area (Å²) in [7, 11) is 0. The van der Waals surface area contributed by atoms with Gasteiger partial charge in [0.2, 0.25) is 0 Å². The topological polar surface area (TPSA) is 15.3 Å². The molecule has 16 heavy (non-hydrogen) atoms. The highest BCUT2D eigenvalue weighted by Gasteiger charge is 2.28. The summed E-state index contributed by atoms with van der Waals surface area (Å²) in [6, 6.07) is 1.60. The van der Waals surface area contributed by atoms with Gasteiger partial charge in [-0.15, -0.1) is 0 Å². The molecule has 1 saturated carbocycles. The van der Waals surface area contributed by atoms with E-state index in [1.54, 1.807) is 0 Å². The largest absolute Gasteiger partial charge is 0.313 e. The molecule has 0 spiro atoms. The van der Waals surface area contributed by atoms with Crippen molar-refractivity contribution in [2.24, 2.45) is 0 Å². The molecule has 2 unspecified atom stereocenters. The molecule has 1 aliphatic carbocycles. The molecular formula is C14H28N2. The van der Waals surface area contributed by atoms with E-state index in [0.29, 0.717) is 0 Å². The van der Waals surface area contributed by atoms with Gasteiger partial charge in [0.1, 0.15) is 0 Å². The Balaban J connectivity index is 1.95. The first kappa shape index (κ1) is 12.4. The zero-order valence-corrected chi connectivity index (χ0v) is 10.9. The van der Waals surface area contributed by atoms with Crippen LogP contribution in [0.3, 0.4) is 0 Å². The number of nitrogens with one attached hydrogen (secondary N) is 1. The highest BCUT2D eigenvalue weighted by Crippen LogP contribution is 2.24. The fourth-order valence-electron chi connectivity index (χ4n) is 3.48. The minimum absolute atomic E-state index is 0.767. The molecule has 2 rings (SSSR count). The molecule has 2 aliphatic rings. The highest BCUT2D eigenvalue weighted by atomic mass is 15.2. The average molecular weight is 224 g/mol. The monoisotopic (exact) mass is 224 g/mol. The van der Waals surface area contributed by atoms with Crippen LogP contribution in [0.4, 0.5) is 0 Å². The first-order chi connectivity index (χ1) is 7.92. The molecule has 1 heterocycles. The normalized spacial score (nSPS) is 33.6. The fourth-order valence-corrected chi connectivity index (χ4v) is 3.48. The van der Waals surface area contributed by atoms with E-state index < -0.39 is 0 Å². The first-order valence-corrected chi connectivity index (χ1v) is 7.39. The van der Waals surface area contributed by atoms with E-state index in [9.17, 15) is 0 Å². The molecule has 0 radical (unpaired) electrons. The van der Waals surface area contributed by atoms with Crippen molar-refractivity contribution < 1.29 is 0 Å². The molecule has 2 atom stereocenters. The van der Waals surface area contributed by atoms with Crippen molar-refractivity contribution >= 4 is 0 Å². The molecular weight excluding hydrogens is 196 g/mol. The third kappa shape index (κ3) is 3.21. The van der Waals surface area contributed by atoms with Crippen LogP contribution in [0.15, 0.2) is 0 Å². The molecule has 0 aromatic carbocycles. The molecule has 2 nitrogen and oxygen atoms in total. The average Bonchev–Trinajstić information content (AvgIpc) is 2.76. The van der Waals surface area contributed by atoms with Crippen molar-refractivity contribution in [2.45, 2.75) is 70.4 Å². The summed E-state index contributed by atoms with van der Waals surface area (Å²) in [4.78, 5) is 2.76. The van der Waals surface area contributed by atoms with Crippen molar-refractivity contribution in [1.29, 1.82) is 0 Å². The minimum atomic E-state index is 0.767. The van der Waals surface area contributed by atoms with E-state index in [-0.39, 0.29) is 0 Å². The Bertz CT molecular complexity index is 187. The summed E-state index contributed by atoms with van der Waals surface area (Å²) in [5.74, 6) is 0. The quantitative estimate of drug-likeness (QED) is 0.793. The first-order valence-electron chi connectivity index (χ1n) is 7.39. The SMILES string of the molecule is CCNC1CCCCCCC1N1CCCC1. The highest BCUT2D eigenvalue weighted by molar-refractivity contribution is 4.87. The Labute approximate surface area is 101 Å². The standard InChI is InChI=1S/C14H28N2/c1-2-15-13-9-5-3-4-6-10-14(13)16-11-7-8-12-16/h13-15H,2-12H2,1H3. The summed E-state index contributed by atoms with van der Waals surface area (Å²) in [6.45, 7) is 6.09. The maximum absolute atomic E-state index is 3.74. The van der Waals surface area contributed by atoms with Crippen LogP contribution in [0, 0.1) is 0 Å². The van der Waals surface area contributed by atoms with Gasteiger partial charge in [-0.25, -0.2) is 0 Å². The van der Waals surface area contributed by atoms with Gasteiger partial charge in [-0.1, -0.05) is 32.6 Å². The Morgan fingerprint density at radius 3 is 2.31 bits per heavy atom. The summed E-state index contributed by atoms with van der Waals surface area (Å²) in [5, 5.41) is 3.74. The molecule has 0 amide bonds. The Morgan fingerprint density at radius 2 is 1.62 bits per heavy atom. The van der Waals surface area contributed by atoms with Crippen LogP contribution in [0.25, 0.3) is 0 Å². The van der Waals surface area contributed by atoms with Crippen LogP contribution < -0.4 is 5.32 Å². The van der Waals surface area contributed by atoms with Crippen LogP contribution in [-0.2, 0) is 0 Å². The van der Waals surface area contributed by atoms with E-state index in [1.165, 1.54) is 64.5 Å². The fraction of sp³-hybridized carbons (Fsp3) is 1.00. The van der Waals surface area contributed by atoms with Gasteiger partial charge in [-0.05, 0) is 45.3 Å². The van der Waals surface area contributed by atoms with Gasteiger partial charge in [0.25, 0.3) is 0 Å². The molecule has 1 N–H and O–H groups in total. The van der Waals surface area contributed by atoms with Gasteiger partial charge in [0.15, 0.2) is 0 Å². The predicted octanol–water partition coefficient (Wildman–Crippen LogP) is 2.78. The van der Waals surface area contributed by atoms with Gasteiger partial charge < -0.3 is 5.32 Å². The second-order valence-corrected chi connectivity index (χ2v) is 5.47. The predicted molar refractivity (Wildman–Crippen MR) is 69.8 cm³/mol. The van der Waals surface area contributed by atoms with E-state index in [0.717, 1.165) is 18.6 Å². The Kier molecular flexibility index (Phi) is 5.11. The summed E-state index contributed by atoms with van der Waals surface area (Å²) in [6.07, 6.45) is 11.5. The van der Waals surface area contributed by atoms with Crippen LogP contribution in [0.2, 0.25) is 0 Å². The number of likely N-dealkylation sites (N-methyl/N-ethyl adjacent to an activating group) is 1. The van der Waals surface area contributed by atoms with Gasteiger partial charge in [-0.2, -0.15) is 0 Å². The van der Waals surface area contributed by atoms with Crippen LogP contribution in [-0.4, -0.2) is 36.6 Å². The maximum Gasteiger partial charge on any atom is 0.0249 e. The van der Waals surface area contributed by atoms with Gasteiger partial charge in [0.05, 0.1) is 0 Å². The minimum Gasteiger partial charge on any atom is -0.313 e. The number of nitrogens with zero attached hydrogens (tertiary/aromatic N) is 1. The molecule has 1 saturated heterocycles. The van der Waals surface area contributed by atoms with E-state index >= 15 is 0 Å². The van der Waals surface area contributed by atoms with Crippen molar-refractivity contribution in [3.63, 3.8) is 0 Å². The van der Waals surface area contributed by atoms with Gasteiger partial charge >= 0.3 is 0 Å². The van der Waals surface area contributed by atoms with Crippen LogP contribution in [0.5, 0.6) is 0 Å². The smallest absolute Gasteiger partial charge is 0.0249 e. The Hall–Kier alpha value is -0.0800. The molecule has 2 fully saturated rings. The Morgan fingerprint density at radius 1 is 0.938 bits per heavy atom. The zero-order valence-electron chi connectivity index (χ0n) is 10.9. The van der Waals surface area contributed by atoms with Crippen molar-refractivity contribution in [3.8, 4) is 0 Å². The maximum atomic E-state index is 3.74. The summed E-state index contributed by atoms with van der Waals surface area (Å²) < 4.78 is 0. The van der Waals surface area contributed by atoms with Crippen LogP contribution >= 0.6 is 0 Å². The number of likely N-dealkylation sites (tertiary alicyclic amines) is 1. The van der Waals surface area contributed by atoms with E-state index in [4.69, 9.17) is 0 Å². The van der Waals surface area contributed by atoms with Crippen molar-refractivity contribution in [1.82, 2.24) is 10.2 Å². The third-order valence-corrected chi connectivity index (χ3v) is 4.31. The van der Waals surface area contributed by atoms with Crippen molar-refractivity contribution in [2.75, 3.05) is 19.6 Å². The number of hydrogen-bond acceptors (Lipinski definition) is 2. The van der Waals surface area contributed by atoms with Gasteiger partial charge in [-0.3, -0.25) is 4.90 Å². The molecule has 0 aromatic heterocycles. The lowest BCUT2D eigenvalue weighted by molar-refractivity contribution is 0.163. The third-order valence-electron chi connectivity index (χ3n) is 4.31. The summed E-state index contributed by atoms with van der Waals surface area (Å²) in [5.41, 5.74) is 0. The lowest BCUT2D eigenvalue weighted by Gasteiger charge is -2.36. The van der Waals surface area contributed by atoms with Crippen LogP contribution in [0.1, 0.15) is 58.3 Å². The number of hydrogen-bond donors (Lipinski definition) is 1. The van der Waals surface area contributed by atoms with E-state index in [1.807, 2.05) is 0 Å². The second-order valence-electron chi connectivity index (χ2n) is 5.47. The van der Waals surface area contributed by atoms with Crippen molar-refractivity contribution in [3.05, 3.63) is 0 Å². The van der Waals surface area contributed by atoms with E-state index in [2.05, 4.69) is 17.1 Å². The summed E-state index contributed by atoms with van der Waals surface area (Å²) >= 11 is 0. The second kappa shape index (κ2) is 6.61. The molecule has 1 aliphatic heterocycles. The van der Waals surface area contributed by atoms with Gasteiger partial charge in [0, 0.05) is 12.1 Å². The molecule has 0 bridgehead atoms. The number of rotatable bonds is 3. The molecule has 94 valence electrons. The molecule has 2 heteroatoms. The lowest BCUT2D eigenvalue weighted by Crippen LogP contribution is -2.49. The lowest BCUT2D eigenvalue weighted by atomic mass is 9.91.